The van der Waals surface area contributed by atoms with Gasteiger partial charge >= 0.3 is 0 Å². The van der Waals surface area contributed by atoms with Crippen LogP contribution in [0.2, 0.25) is 0 Å². The minimum Gasteiger partial charge on any atom is -0.266 e. The zero-order valence-corrected chi connectivity index (χ0v) is 12.5. The molecule has 0 aliphatic rings. The molecule has 0 radical (unpaired) electrons. The summed E-state index contributed by atoms with van der Waals surface area (Å²) >= 11 is 1.38. The summed E-state index contributed by atoms with van der Waals surface area (Å²) in [6.07, 6.45) is 3.41. The number of benzene rings is 1. The summed E-state index contributed by atoms with van der Waals surface area (Å²) in [5.41, 5.74) is 5.15. The number of nitrogens with zero attached hydrogens (tertiary/aromatic N) is 2. The molecule has 0 saturated carbocycles. The standard InChI is InChI=1S/C17H13N3OS/c21-17(15-7-4-12-22-15)20-19-16(13-5-2-1-3-6-13)14-8-10-18-11-9-14/h1-12H,(H,20,21). The van der Waals surface area contributed by atoms with E-state index in [9.17, 15) is 4.79 Å². The van der Waals surface area contributed by atoms with Crippen LogP contribution in [0, 0.1) is 0 Å². The lowest BCUT2D eigenvalue weighted by molar-refractivity contribution is 0.0959. The van der Waals surface area contributed by atoms with Gasteiger partial charge in [-0.1, -0.05) is 36.4 Å². The van der Waals surface area contributed by atoms with Crippen molar-refractivity contribution in [2.24, 2.45) is 5.10 Å². The number of rotatable bonds is 4. The van der Waals surface area contributed by atoms with E-state index in [1.807, 2.05) is 53.9 Å². The van der Waals surface area contributed by atoms with Crippen LogP contribution in [0.1, 0.15) is 20.8 Å². The molecule has 108 valence electrons. The molecule has 0 bridgehead atoms. The molecule has 3 aromatic rings. The molecule has 2 heterocycles. The average Bonchev–Trinajstić information content (AvgIpc) is 3.11. The van der Waals surface area contributed by atoms with Crippen LogP contribution in [-0.4, -0.2) is 16.6 Å². The zero-order valence-electron chi connectivity index (χ0n) is 11.6. The van der Waals surface area contributed by atoms with Gasteiger partial charge in [0.1, 0.15) is 0 Å². The van der Waals surface area contributed by atoms with Crippen LogP contribution < -0.4 is 5.43 Å². The van der Waals surface area contributed by atoms with E-state index in [1.165, 1.54) is 11.3 Å². The third kappa shape index (κ3) is 3.27. The van der Waals surface area contributed by atoms with E-state index in [4.69, 9.17) is 0 Å². The van der Waals surface area contributed by atoms with Crippen LogP contribution in [0.15, 0.2) is 77.5 Å². The van der Waals surface area contributed by atoms with Crippen LogP contribution in [0.4, 0.5) is 0 Å². The molecular weight excluding hydrogens is 294 g/mol. The molecule has 0 unspecified atom stereocenters. The Labute approximate surface area is 132 Å². The molecule has 2 aromatic heterocycles. The lowest BCUT2D eigenvalue weighted by Crippen LogP contribution is -2.19. The van der Waals surface area contributed by atoms with E-state index in [2.05, 4.69) is 15.5 Å². The summed E-state index contributed by atoms with van der Waals surface area (Å²) in [7, 11) is 0. The van der Waals surface area contributed by atoms with Crippen molar-refractivity contribution < 1.29 is 4.79 Å². The first kappa shape index (κ1) is 14.2. The monoisotopic (exact) mass is 307 g/mol. The number of nitrogens with one attached hydrogen (secondary N) is 1. The summed E-state index contributed by atoms with van der Waals surface area (Å²) in [5.74, 6) is -0.211. The predicted molar refractivity (Wildman–Crippen MR) is 88.1 cm³/mol. The van der Waals surface area contributed by atoms with Crippen LogP contribution in [0.3, 0.4) is 0 Å². The van der Waals surface area contributed by atoms with Crippen LogP contribution in [0.5, 0.6) is 0 Å². The van der Waals surface area contributed by atoms with Gasteiger partial charge < -0.3 is 0 Å². The number of amides is 1. The molecule has 0 aliphatic heterocycles. The zero-order chi connectivity index (χ0) is 15.2. The van der Waals surface area contributed by atoms with E-state index in [-0.39, 0.29) is 5.91 Å². The quantitative estimate of drug-likeness (QED) is 0.594. The van der Waals surface area contributed by atoms with Crippen LogP contribution in [0.25, 0.3) is 0 Å². The fraction of sp³-hybridized carbons (Fsp3) is 0. The first-order valence-electron chi connectivity index (χ1n) is 6.72. The molecule has 0 aliphatic carbocycles. The van der Waals surface area contributed by atoms with Crippen molar-refractivity contribution in [2.75, 3.05) is 0 Å². The number of pyridine rings is 1. The number of carbonyl (C=O) groups excluding carboxylic acids is 1. The summed E-state index contributed by atoms with van der Waals surface area (Å²) < 4.78 is 0. The minimum atomic E-state index is -0.211. The summed E-state index contributed by atoms with van der Waals surface area (Å²) in [6, 6.07) is 17.1. The molecule has 1 N–H and O–H groups in total. The maximum atomic E-state index is 12.1. The van der Waals surface area contributed by atoms with Gasteiger partial charge in [-0.15, -0.1) is 11.3 Å². The second-order valence-electron chi connectivity index (χ2n) is 4.48. The Kier molecular flexibility index (Phi) is 4.36. The lowest BCUT2D eigenvalue weighted by atomic mass is 10.0. The number of aromatic nitrogens is 1. The third-order valence-corrected chi connectivity index (χ3v) is 3.88. The van der Waals surface area contributed by atoms with Crippen molar-refractivity contribution in [3.8, 4) is 0 Å². The number of thiophene rings is 1. The highest BCUT2D eigenvalue weighted by Crippen LogP contribution is 2.11. The molecule has 5 heteroatoms. The highest BCUT2D eigenvalue weighted by molar-refractivity contribution is 7.12. The Hall–Kier alpha value is -2.79. The van der Waals surface area contributed by atoms with Crippen molar-refractivity contribution in [3.63, 3.8) is 0 Å². The second kappa shape index (κ2) is 6.78. The van der Waals surface area contributed by atoms with Gasteiger partial charge in [-0.05, 0) is 23.6 Å². The van der Waals surface area contributed by atoms with Crippen LogP contribution in [-0.2, 0) is 0 Å². The Morgan fingerprint density at radius 3 is 2.36 bits per heavy atom. The Bertz CT molecular complexity index is 727. The number of hydrogen-bond donors (Lipinski definition) is 1. The fourth-order valence-electron chi connectivity index (χ4n) is 1.97. The number of carbonyl (C=O) groups is 1. The first-order chi connectivity index (χ1) is 10.8. The van der Waals surface area contributed by atoms with Gasteiger partial charge in [-0.2, -0.15) is 5.10 Å². The molecule has 1 amide bonds. The van der Waals surface area contributed by atoms with E-state index in [0.29, 0.717) is 10.6 Å². The van der Waals surface area contributed by atoms with Gasteiger partial charge in [0.25, 0.3) is 5.91 Å². The van der Waals surface area contributed by atoms with Crippen molar-refractivity contribution in [3.05, 3.63) is 88.4 Å². The fourth-order valence-corrected chi connectivity index (χ4v) is 2.58. The largest absolute Gasteiger partial charge is 0.281 e. The van der Waals surface area contributed by atoms with Gasteiger partial charge in [0, 0.05) is 23.5 Å². The van der Waals surface area contributed by atoms with Gasteiger partial charge in [-0.3, -0.25) is 9.78 Å². The first-order valence-corrected chi connectivity index (χ1v) is 7.60. The summed E-state index contributed by atoms with van der Waals surface area (Å²) in [6.45, 7) is 0. The lowest BCUT2D eigenvalue weighted by Gasteiger charge is -2.07. The Morgan fingerprint density at radius 2 is 1.68 bits per heavy atom. The molecular formula is C17H13N3OS. The molecule has 0 fully saturated rings. The maximum Gasteiger partial charge on any atom is 0.281 e. The molecule has 0 atom stereocenters. The number of hydrazone groups is 1. The van der Waals surface area contributed by atoms with Crippen molar-refractivity contribution >= 4 is 23.0 Å². The molecule has 3 rings (SSSR count). The topological polar surface area (TPSA) is 54.4 Å². The number of hydrogen-bond acceptors (Lipinski definition) is 4. The van der Waals surface area contributed by atoms with Gasteiger partial charge in [0.2, 0.25) is 0 Å². The van der Waals surface area contributed by atoms with Gasteiger partial charge in [-0.25, -0.2) is 5.43 Å². The maximum absolute atomic E-state index is 12.1. The third-order valence-electron chi connectivity index (χ3n) is 3.02. The van der Waals surface area contributed by atoms with Gasteiger partial charge in [0.15, 0.2) is 0 Å². The predicted octanol–water partition coefficient (Wildman–Crippen LogP) is 3.33. The smallest absolute Gasteiger partial charge is 0.266 e. The van der Waals surface area contributed by atoms with E-state index in [1.54, 1.807) is 18.5 Å². The highest BCUT2D eigenvalue weighted by Gasteiger charge is 2.09. The van der Waals surface area contributed by atoms with E-state index in [0.717, 1.165) is 11.1 Å². The Balaban J connectivity index is 1.92. The van der Waals surface area contributed by atoms with Gasteiger partial charge in [0.05, 0.1) is 10.6 Å². The van der Waals surface area contributed by atoms with Crippen molar-refractivity contribution in [1.29, 1.82) is 0 Å². The molecule has 4 nitrogen and oxygen atoms in total. The molecule has 0 spiro atoms. The molecule has 1 aromatic carbocycles. The average molecular weight is 307 g/mol. The molecule has 22 heavy (non-hydrogen) atoms. The molecule has 0 saturated heterocycles. The normalized spacial score (nSPS) is 11.2. The minimum absolute atomic E-state index is 0.211. The van der Waals surface area contributed by atoms with Crippen molar-refractivity contribution in [1.82, 2.24) is 10.4 Å². The summed E-state index contributed by atoms with van der Waals surface area (Å²) in [5, 5.41) is 6.18. The Morgan fingerprint density at radius 1 is 0.955 bits per heavy atom. The van der Waals surface area contributed by atoms with E-state index < -0.39 is 0 Å². The summed E-state index contributed by atoms with van der Waals surface area (Å²) in [4.78, 5) is 16.7. The SMILES string of the molecule is O=C(NN=C(c1ccccc1)c1ccncc1)c1cccs1. The van der Waals surface area contributed by atoms with Crippen LogP contribution >= 0.6 is 11.3 Å². The van der Waals surface area contributed by atoms with Crippen molar-refractivity contribution in [2.45, 2.75) is 0 Å². The van der Waals surface area contributed by atoms with E-state index >= 15 is 0 Å². The highest BCUT2D eigenvalue weighted by atomic mass is 32.1. The second-order valence-corrected chi connectivity index (χ2v) is 5.43.